The minimum atomic E-state index is -0.947. The predicted octanol–water partition coefficient (Wildman–Crippen LogP) is 3.01. The number of esters is 1. The van der Waals surface area contributed by atoms with Crippen molar-refractivity contribution in [1.29, 1.82) is 0 Å². The molecular weight excluding hydrogens is 348 g/mol. The van der Waals surface area contributed by atoms with Gasteiger partial charge in [0.15, 0.2) is 11.5 Å². The molecule has 0 radical (unpaired) electrons. The fourth-order valence-electron chi connectivity index (χ4n) is 1.98. The van der Waals surface area contributed by atoms with E-state index in [9.17, 15) is 25.1 Å². The normalized spacial score (nSPS) is 10.3. The van der Waals surface area contributed by atoms with Crippen LogP contribution in [-0.2, 0) is 0 Å². The number of phenolic OH excluding ortho intramolecular Hbond substituents is 2. The minimum absolute atomic E-state index is 0.145. The Morgan fingerprint density at radius 1 is 1.15 bits per heavy atom. The van der Waals surface area contributed by atoms with Crippen molar-refractivity contribution in [2.24, 2.45) is 0 Å². The monoisotopic (exact) mass is 358 g/mol. The summed E-state index contributed by atoms with van der Waals surface area (Å²) in [7, 11) is 0. The number of aromatic hydroxyl groups is 2. The Balaban J connectivity index is 1.90. The van der Waals surface area contributed by atoms with Crippen LogP contribution in [-0.4, -0.2) is 26.3 Å². The van der Waals surface area contributed by atoms with Crippen molar-refractivity contribution in [3.05, 3.63) is 64.5 Å². The molecule has 0 aliphatic carbocycles. The molecule has 0 bridgehead atoms. The van der Waals surface area contributed by atoms with E-state index >= 15 is 0 Å². The van der Waals surface area contributed by atoms with Gasteiger partial charge in [-0.05, 0) is 12.1 Å². The number of carbonyl (C=O) groups is 1. The predicted molar refractivity (Wildman–Crippen MR) is 84.4 cm³/mol. The number of nitro groups is 1. The summed E-state index contributed by atoms with van der Waals surface area (Å²) in [4.78, 5) is 22.1. The molecule has 0 unspecified atom stereocenters. The highest BCUT2D eigenvalue weighted by Crippen LogP contribution is 2.42. The Morgan fingerprint density at radius 2 is 1.88 bits per heavy atom. The maximum Gasteiger partial charge on any atom is 0.382 e. The Morgan fingerprint density at radius 3 is 2.50 bits per heavy atom. The Bertz CT molecular complexity index is 951. The number of nitrogens with zero attached hydrogens (tertiary/aromatic N) is 2. The zero-order chi connectivity index (χ0) is 18.7. The van der Waals surface area contributed by atoms with Gasteiger partial charge in [-0.3, -0.25) is 10.1 Å². The van der Waals surface area contributed by atoms with Gasteiger partial charge in [-0.2, -0.15) is 0 Å². The first kappa shape index (κ1) is 16.8. The number of hydrogen-bond donors (Lipinski definition) is 2. The maximum absolute atomic E-state index is 12.0. The van der Waals surface area contributed by atoms with Crippen LogP contribution >= 0.6 is 0 Å². The van der Waals surface area contributed by atoms with E-state index in [0.717, 1.165) is 12.1 Å². The first-order valence-corrected chi connectivity index (χ1v) is 7.05. The van der Waals surface area contributed by atoms with Gasteiger partial charge >= 0.3 is 5.97 Å². The van der Waals surface area contributed by atoms with Crippen molar-refractivity contribution in [1.82, 2.24) is 5.16 Å². The third-order valence-corrected chi connectivity index (χ3v) is 3.13. The lowest BCUT2D eigenvalue weighted by Gasteiger charge is -2.12. The van der Waals surface area contributed by atoms with E-state index in [1.54, 1.807) is 0 Å². The van der Waals surface area contributed by atoms with Crippen molar-refractivity contribution in [2.45, 2.75) is 0 Å². The van der Waals surface area contributed by atoms with Crippen molar-refractivity contribution in [3.8, 4) is 28.7 Å². The van der Waals surface area contributed by atoms with Gasteiger partial charge in [-0.15, -0.1) is 0 Å². The summed E-state index contributed by atoms with van der Waals surface area (Å²) in [5, 5.41) is 33.6. The average molecular weight is 358 g/mol. The molecule has 0 aliphatic rings. The molecule has 3 rings (SSSR count). The van der Waals surface area contributed by atoms with E-state index in [1.165, 1.54) is 36.5 Å². The van der Waals surface area contributed by atoms with Gasteiger partial charge in [-0.1, -0.05) is 5.16 Å². The molecule has 132 valence electrons. The summed E-state index contributed by atoms with van der Waals surface area (Å²) < 4.78 is 15.2. The van der Waals surface area contributed by atoms with E-state index in [4.69, 9.17) is 9.47 Å². The molecule has 2 N–H and O–H groups in total. The van der Waals surface area contributed by atoms with Crippen LogP contribution in [0.1, 0.15) is 10.6 Å². The number of non-ortho nitro benzene ring substituents is 1. The lowest BCUT2D eigenvalue weighted by Crippen LogP contribution is -2.08. The van der Waals surface area contributed by atoms with Crippen LogP contribution in [0.25, 0.3) is 0 Å². The molecule has 0 fully saturated rings. The summed E-state index contributed by atoms with van der Waals surface area (Å²) in [6.45, 7) is 0. The van der Waals surface area contributed by atoms with Crippen LogP contribution in [0.4, 0.5) is 5.69 Å². The van der Waals surface area contributed by atoms with Crippen LogP contribution in [0.2, 0.25) is 0 Å². The van der Waals surface area contributed by atoms with Gasteiger partial charge in [0.25, 0.3) is 5.69 Å². The summed E-state index contributed by atoms with van der Waals surface area (Å²) in [6.07, 6.45) is 1.24. The van der Waals surface area contributed by atoms with Crippen LogP contribution in [0, 0.1) is 10.1 Å². The highest BCUT2D eigenvalue weighted by Gasteiger charge is 2.21. The molecule has 0 atom stereocenters. The Labute approximate surface area is 145 Å². The van der Waals surface area contributed by atoms with E-state index < -0.39 is 16.6 Å². The third-order valence-electron chi connectivity index (χ3n) is 3.13. The van der Waals surface area contributed by atoms with Crippen LogP contribution in [0.15, 0.2) is 53.2 Å². The van der Waals surface area contributed by atoms with Crippen LogP contribution in [0.5, 0.6) is 28.7 Å². The molecule has 0 spiro atoms. The standard InChI is InChI=1S/C16H10N2O8/c19-10-7-12(20)15(25-16(21)13-5-6-17-26-13)14(8-10)24-11-3-1-9(2-4-11)18(22)23/h1-8,19-20H. The number of carbonyl (C=O) groups excluding carboxylic acids is 1. The summed E-state index contributed by atoms with van der Waals surface area (Å²) >= 11 is 0. The number of phenols is 2. The molecule has 0 aliphatic heterocycles. The van der Waals surface area contributed by atoms with E-state index in [1.807, 2.05) is 0 Å². The summed E-state index contributed by atoms with van der Waals surface area (Å²) in [5.41, 5.74) is -0.145. The lowest BCUT2D eigenvalue weighted by molar-refractivity contribution is -0.384. The van der Waals surface area contributed by atoms with E-state index in [2.05, 4.69) is 9.68 Å². The van der Waals surface area contributed by atoms with Crippen LogP contribution < -0.4 is 9.47 Å². The van der Waals surface area contributed by atoms with Gasteiger partial charge < -0.3 is 24.2 Å². The van der Waals surface area contributed by atoms with Gasteiger partial charge in [0.05, 0.1) is 11.1 Å². The molecule has 3 aromatic rings. The van der Waals surface area contributed by atoms with E-state index in [0.29, 0.717) is 0 Å². The molecule has 1 aromatic heterocycles. The van der Waals surface area contributed by atoms with Crippen molar-refractivity contribution < 1.29 is 33.9 Å². The highest BCUT2D eigenvalue weighted by molar-refractivity contribution is 5.88. The second-order valence-corrected chi connectivity index (χ2v) is 4.91. The molecule has 1 heterocycles. The number of nitro benzene ring substituents is 1. The Hall–Kier alpha value is -4.08. The molecule has 0 saturated heterocycles. The number of rotatable bonds is 5. The van der Waals surface area contributed by atoms with Gasteiger partial charge in [0.1, 0.15) is 11.5 Å². The molecular formula is C16H10N2O8. The number of aromatic nitrogens is 1. The molecule has 10 nitrogen and oxygen atoms in total. The van der Waals surface area contributed by atoms with Crippen molar-refractivity contribution >= 4 is 11.7 Å². The van der Waals surface area contributed by atoms with Gasteiger partial charge in [-0.25, -0.2) is 4.79 Å². The lowest BCUT2D eigenvalue weighted by atomic mass is 10.2. The molecule has 26 heavy (non-hydrogen) atoms. The average Bonchev–Trinajstić information content (AvgIpc) is 3.13. The molecule has 0 saturated carbocycles. The number of hydrogen-bond acceptors (Lipinski definition) is 9. The fraction of sp³-hybridized carbons (Fsp3) is 0. The number of benzene rings is 2. The first-order valence-electron chi connectivity index (χ1n) is 7.05. The smallest absolute Gasteiger partial charge is 0.382 e. The molecule has 10 heteroatoms. The second-order valence-electron chi connectivity index (χ2n) is 4.91. The maximum atomic E-state index is 12.0. The number of ether oxygens (including phenoxy) is 2. The first-order chi connectivity index (χ1) is 12.4. The Kier molecular flexibility index (Phi) is 4.39. The topological polar surface area (TPSA) is 145 Å². The minimum Gasteiger partial charge on any atom is -0.508 e. The second kappa shape index (κ2) is 6.81. The zero-order valence-corrected chi connectivity index (χ0v) is 12.9. The van der Waals surface area contributed by atoms with Crippen LogP contribution in [0.3, 0.4) is 0 Å². The third kappa shape index (κ3) is 3.53. The summed E-state index contributed by atoms with van der Waals surface area (Å²) in [5.74, 6) is -2.48. The van der Waals surface area contributed by atoms with Crippen molar-refractivity contribution in [2.75, 3.05) is 0 Å². The molecule has 0 amide bonds. The fourth-order valence-corrected chi connectivity index (χ4v) is 1.98. The largest absolute Gasteiger partial charge is 0.508 e. The quantitative estimate of drug-likeness (QED) is 0.304. The zero-order valence-electron chi connectivity index (χ0n) is 12.9. The highest BCUT2D eigenvalue weighted by atomic mass is 16.6. The van der Waals surface area contributed by atoms with Gasteiger partial charge in [0, 0.05) is 30.3 Å². The summed E-state index contributed by atoms with van der Waals surface area (Å²) in [6, 6.07) is 8.34. The molecule has 2 aromatic carbocycles. The van der Waals surface area contributed by atoms with Crippen molar-refractivity contribution in [3.63, 3.8) is 0 Å². The van der Waals surface area contributed by atoms with E-state index in [-0.39, 0.29) is 34.4 Å². The SMILES string of the molecule is O=C(Oc1c(O)cc(O)cc1Oc1ccc([N+](=O)[O-])cc1)c1ccno1. The van der Waals surface area contributed by atoms with Gasteiger partial charge in [0.2, 0.25) is 11.5 Å².